The number of hydrogen-bond acceptors (Lipinski definition) is 1. The Hall–Kier alpha value is -1.08. The zero-order valence-corrected chi connectivity index (χ0v) is 7.56. The summed E-state index contributed by atoms with van der Waals surface area (Å²) in [6.45, 7) is 0.165. The second kappa shape index (κ2) is 3.75. The molecule has 1 N–H and O–H groups in total. The Morgan fingerprint density at radius 3 is 2.77 bits per heavy atom. The molecule has 0 radical (unpaired) electrons. The molecule has 1 fully saturated rings. The normalized spacial score (nSPS) is 26.5. The van der Waals surface area contributed by atoms with Gasteiger partial charge in [-0.2, -0.15) is 0 Å². The Kier molecular flexibility index (Phi) is 2.46. The average molecular weight is 174 g/mol. The highest BCUT2D eigenvalue weighted by molar-refractivity contribution is 5.28. The van der Waals surface area contributed by atoms with Gasteiger partial charge in [0.15, 0.2) is 0 Å². The highest BCUT2D eigenvalue weighted by atomic mass is 16.2. The quantitative estimate of drug-likeness (QED) is 0.697. The van der Waals surface area contributed by atoms with E-state index in [0.717, 1.165) is 0 Å². The molecule has 1 aromatic carbocycles. The molecule has 0 spiro atoms. The van der Waals surface area contributed by atoms with Gasteiger partial charge in [-0.15, -0.1) is 0 Å². The number of allylic oxidation sites excluding steroid dienone is 1. The fourth-order valence-corrected chi connectivity index (χ4v) is 1.75. The van der Waals surface area contributed by atoms with Crippen molar-refractivity contribution in [1.29, 1.82) is 0 Å². The van der Waals surface area contributed by atoms with Gasteiger partial charge in [0.25, 0.3) is 0 Å². The molecule has 1 aliphatic rings. The zero-order valence-electron chi connectivity index (χ0n) is 7.56. The number of rotatable bonds is 3. The second-order valence-corrected chi connectivity index (χ2v) is 3.53. The maximum Gasteiger partial charge on any atom is 0.0612 e. The molecule has 1 nitrogen and oxygen atoms in total. The first-order chi connectivity index (χ1) is 6.42. The van der Waals surface area contributed by atoms with Crippen molar-refractivity contribution in [2.75, 3.05) is 6.61 Å². The lowest BCUT2D eigenvalue weighted by molar-refractivity contribution is 0.342. The van der Waals surface area contributed by atoms with Crippen LogP contribution in [0.15, 0.2) is 42.5 Å². The molecule has 1 aliphatic carbocycles. The summed E-state index contributed by atoms with van der Waals surface area (Å²) in [5.74, 6) is 1.36. The van der Waals surface area contributed by atoms with Crippen LogP contribution in [0.5, 0.6) is 0 Å². The summed E-state index contributed by atoms with van der Waals surface area (Å²) in [5, 5.41) is 8.61. The molecule has 0 bridgehead atoms. The van der Waals surface area contributed by atoms with Crippen LogP contribution in [-0.4, -0.2) is 11.7 Å². The number of hydrogen-bond donors (Lipinski definition) is 1. The van der Waals surface area contributed by atoms with Crippen LogP contribution in [0.25, 0.3) is 0 Å². The van der Waals surface area contributed by atoms with Gasteiger partial charge in [0, 0.05) is 0 Å². The van der Waals surface area contributed by atoms with E-state index in [9.17, 15) is 0 Å². The molecule has 2 rings (SSSR count). The van der Waals surface area contributed by atoms with Gasteiger partial charge in [-0.05, 0) is 23.8 Å². The van der Waals surface area contributed by atoms with Crippen molar-refractivity contribution in [3.63, 3.8) is 0 Å². The molecule has 1 heteroatoms. The minimum atomic E-state index is 0.165. The van der Waals surface area contributed by atoms with Gasteiger partial charge < -0.3 is 5.11 Å². The third-order valence-electron chi connectivity index (χ3n) is 2.56. The van der Waals surface area contributed by atoms with Crippen LogP contribution >= 0.6 is 0 Å². The van der Waals surface area contributed by atoms with Crippen LogP contribution in [0, 0.1) is 5.92 Å². The lowest BCUT2D eigenvalue weighted by Crippen LogP contribution is -1.80. The molecule has 0 heterocycles. The van der Waals surface area contributed by atoms with Gasteiger partial charge in [-0.1, -0.05) is 42.5 Å². The van der Waals surface area contributed by atoms with E-state index >= 15 is 0 Å². The lowest BCUT2D eigenvalue weighted by atomic mass is 10.1. The first-order valence-corrected chi connectivity index (χ1v) is 4.74. The molecule has 0 aliphatic heterocycles. The predicted molar refractivity (Wildman–Crippen MR) is 53.5 cm³/mol. The Morgan fingerprint density at radius 1 is 1.31 bits per heavy atom. The number of aliphatic hydroxyl groups is 1. The second-order valence-electron chi connectivity index (χ2n) is 3.53. The third kappa shape index (κ3) is 1.99. The van der Waals surface area contributed by atoms with E-state index in [4.69, 9.17) is 5.11 Å². The molecule has 0 saturated heterocycles. The first-order valence-electron chi connectivity index (χ1n) is 4.74. The molecule has 0 aromatic heterocycles. The summed E-state index contributed by atoms with van der Waals surface area (Å²) in [6.07, 6.45) is 5.20. The number of benzene rings is 1. The Morgan fingerprint density at radius 2 is 2.08 bits per heavy atom. The molecule has 1 saturated carbocycles. The fraction of sp³-hybridized carbons (Fsp3) is 0.333. The van der Waals surface area contributed by atoms with Crippen molar-refractivity contribution in [1.82, 2.24) is 0 Å². The lowest BCUT2D eigenvalue weighted by Gasteiger charge is -1.95. The van der Waals surface area contributed by atoms with Crippen molar-refractivity contribution in [2.24, 2.45) is 5.92 Å². The molecular formula is C12H14O. The fourth-order valence-electron chi connectivity index (χ4n) is 1.75. The zero-order chi connectivity index (χ0) is 9.10. The SMILES string of the molecule is OC/C=C/[C@@H]1C[C@H]1c1ccccc1. The molecule has 2 atom stereocenters. The summed E-state index contributed by atoms with van der Waals surface area (Å²) < 4.78 is 0. The Labute approximate surface area is 78.7 Å². The highest BCUT2D eigenvalue weighted by Gasteiger charge is 2.35. The maximum atomic E-state index is 8.61. The van der Waals surface area contributed by atoms with Crippen molar-refractivity contribution in [3.05, 3.63) is 48.0 Å². The van der Waals surface area contributed by atoms with Crippen LogP contribution < -0.4 is 0 Å². The third-order valence-corrected chi connectivity index (χ3v) is 2.56. The van der Waals surface area contributed by atoms with Crippen LogP contribution in [-0.2, 0) is 0 Å². The van der Waals surface area contributed by atoms with Crippen molar-refractivity contribution in [2.45, 2.75) is 12.3 Å². The Balaban J connectivity index is 1.97. The minimum absolute atomic E-state index is 0.165. The summed E-state index contributed by atoms with van der Waals surface area (Å²) in [4.78, 5) is 0. The molecule has 68 valence electrons. The van der Waals surface area contributed by atoms with Crippen LogP contribution in [0.4, 0.5) is 0 Å². The maximum absolute atomic E-state index is 8.61. The summed E-state index contributed by atoms with van der Waals surface area (Å²) >= 11 is 0. The Bertz CT molecular complexity index is 289. The van der Waals surface area contributed by atoms with Crippen LogP contribution in [0.3, 0.4) is 0 Å². The van der Waals surface area contributed by atoms with Crippen molar-refractivity contribution in [3.8, 4) is 0 Å². The van der Waals surface area contributed by atoms with Gasteiger partial charge in [-0.25, -0.2) is 0 Å². The smallest absolute Gasteiger partial charge is 0.0612 e. The van der Waals surface area contributed by atoms with E-state index < -0.39 is 0 Å². The van der Waals surface area contributed by atoms with Crippen molar-refractivity contribution < 1.29 is 5.11 Å². The van der Waals surface area contributed by atoms with E-state index in [2.05, 4.69) is 30.3 Å². The molecular weight excluding hydrogens is 160 g/mol. The van der Waals surface area contributed by atoms with E-state index in [1.54, 1.807) is 0 Å². The standard InChI is InChI=1S/C12H14O/c13-8-4-7-11-9-12(11)10-5-2-1-3-6-10/h1-7,11-13H,8-9H2/b7-4+/t11-,12+/m1/s1. The van der Waals surface area contributed by atoms with Gasteiger partial charge in [0.2, 0.25) is 0 Å². The first kappa shape index (κ1) is 8.52. The monoisotopic (exact) mass is 174 g/mol. The summed E-state index contributed by atoms with van der Waals surface area (Å²) in [6, 6.07) is 10.6. The van der Waals surface area contributed by atoms with E-state index in [1.807, 2.05) is 12.1 Å². The van der Waals surface area contributed by atoms with Crippen LogP contribution in [0.1, 0.15) is 17.9 Å². The van der Waals surface area contributed by atoms with Crippen molar-refractivity contribution >= 4 is 0 Å². The molecule has 0 unspecified atom stereocenters. The van der Waals surface area contributed by atoms with Gasteiger partial charge in [0.05, 0.1) is 6.61 Å². The molecule has 0 amide bonds. The molecule has 13 heavy (non-hydrogen) atoms. The van der Waals surface area contributed by atoms with E-state index in [-0.39, 0.29) is 6.61 Å². The topological polar surface area (TPSA) is 20.2 Å². The highest BCUT2D eigenvalue weighted by Crippen LogP contribution is 2.48. The largest absolute Gasteiger partial charge is 0.392 e. The van der Waals surface area contributed by atoms with Crippen LogP contribution in [0.2, 0.25) is 0 Å². The van der Waals surface area contributed by atoms with E-state index in [1.165, 1.54) is 12.0 Å². The summed E-state index contributed by atoms with van der Waals surface area (Å²) in [7, 11) is 0. The van der Waals surface area contributed by atoms with Gasteiger partial charge in [0.1, 0.15) is 0 Å². The van der Waals surface area contributed by atoms with E-state index in [0.29, 0.717) is 11.8 Å². The molecule has 1 aromatic rings. The van der Waals surface area contributed by atoms with Gasteiger partial charge in [-0.3, -0.25) is 0 Å². The predicted octanol–water partition coefficient (Wildman–Crippen LogP) is 2.34. The average Bonchev–Trinajstić information content (AvgIpc) is 2.95. The summed E-state index contributed by atoms with van der Waals surface area (Å²) in [5.41, 5.74) is 1.43. The number of aliphatic hydroxyl groups excluding tert-OH is 1. The minimum Gasteiger partial charge on any atom is -0.392 e. The van der Waals surface area contributed by atoms with Gasteiger partial charge >= 0.3 is 0 Å².